The lowest BCUT2D eigenvalue weighted by Gasteiger charge is -2.15. The van der Waals surface area contributed by atoms with E-state index in [9.17, 15) is 9.59 Å². The van der Waals surface area contributed by atoms with E-state index < -0.39 is 6.09 Å². The average molecular weight is 334 g/mol. The molecule has 2 aromatic rings. The maximum atomic E-state index is 12.6. The van der Waals surface area contributed by atoms with E-state index in [1.54, 1.807) is 12.1 Å². The van der Waals surface area contributed by atoms with Gasteiger partial charge in [-0.3, -0.25) is 4.79 Å². The number of pyridine rings is 1. The fourth-order valence-corrected chi connectivity index (χ4v) is 2.37. The van der Waals surface area contributed by atoms with E-state index in [-0.39, 0.29) is 17.4 Å². The van der Waals surface area contributed by atoms with Crippen LogP contribution in [0.15, 0.2) is 23.1 Å². The van der Waals surface area contributed by atoms with E-state index in [1.807, 2.05) is 20.8 Å². The van der Waals surface area contributed by atoms with Crippen molar-refractivity contribution < 1.29 is 19.0 Å². The van der Waals surface area contributed by atoms with Gasteiger partial charge in [0.15, 0.2) is 17.2 Å². The predicted octanol–water partition coefficient (Wildman–Crippen LogP) is 2.54. The first-order chi connectivity index (χ1) is 11.4. The van der Waals surface area contributed by atoms with Gasteiger partial charge in [-0.15, -0.1) is 0 Å². The van der Waals surface area contributed by atoms with Crippen LogP contribution in [0.4, 0.5) is 4.79 Å². The number of carbonyl (C=O) groups is 1. The van der Waals surface area contributed by atoms with Gasteiger partial charge in [0.05, 0.1) is 25.8 Å². The molecule has 0 aliphatic rings. The minimum Gasteiger partial charge on any atom is -0.493 e. The molecule has 7 nitrogen and oxygen atoms in total. The molecule has 7 heteroatoms. The topological polar surface area (TPSA) is 78.8 Å². The Labute approximate surface area is 140 Å². The molecule has 130 valence electrons. The van der Waals surface area contributed by atoms with Crippen molar-refractivity contribution in [1.29, 1.82) is 0 Å². The quantitative estimate of drug-likeness (QED) is 0.909. The number of nitrogens with one attached hydrogen (secondary N) is 1. The van der Waals surface area contributed by atoms with Gasteiger partial charge in [-0.05, 0) is 32.9 Å². The van der Waals surface area contributed by atoms with Gasteiger partial charge in [-0.2, -0.15) is 0 Å². The van der Waals surface area contributed by atoms with Crippen LogP contribution in [-0.4, -0.2) is 30.9 Å². The van der Waals surface area contributed by atoms with Gasteiger partial charge in [-0.25, -0.2) is 4.79 Å². The number of ether oxygens (including phenoxy) is 3. The summed E-state index contributed by atoms with van der Waals surface area (Å²) in [5, 5.41) is 3.53. The molecule has 0 unspecified atom stereocenters. The number of rotatable bonds is 5. The summed E-state index contributed by atoms with van der Waals surface area (Å²) < 4.78 is 17.4. The highest BCUT2D eigenvalue weighted by atomic mass is 16.6. The standard InChI is InChI=1S/C17H22N2O5/c1-6-19-9-15(24-17(21)18-10(2)3)11-7-13(22-4)14(23-5)8-12(11)16(19)20/h7-10H,6H2,1-5H3,(H,18,21). The number of carbonyl (C=O) groups excluding carboxylic acids is 1. The highest BCUT2D eigenvalue weighted by molar-refractivity contribution is 5.92. The molecule has 1 aromatic carbocycles. The molecule has 1 N–H and O–H groups in total. The van der Waals surface area contributed by atoms with Crippen LogP contribution in [-0.2, 0) is 6.54 Å². The Hall–Kier alpha value is -2.70. The molecular formula is C17H22N2O5. The molecule has 1 heterocycles. The van der Waals surface area contributed by atoms with Crippen molar-refractivity contribution in [3.05, 3.63) is 28.7 Å². The van der Waals surface area contributed by atoms with Crippen molar-refractivity contribution >= 4 is 16.9 Å². The van der Waals surface area contributed by atoms with Crippen LogP contribution in [0.3, 0.4) is 0 Å². The number of aryl methyl sites for hydroxylation is 1. The summed E-state index contributed by atoms with van der Waals surface area (Å²) in [6.07, 6.45) is 0.943. The van der Waals surface area contributed by atoms with Gasteiger partial charge in [-0.1, -0.05) is 0 Å². The summed E-state index contributed by atoms with van der Waals surface area (Å²) in [7, 11) is 3.00. The van der Waals surface area contributed by atoms with Crippen molar-refractivity contribution in [2.24, 2.45) is 0 Å². The van der Waals surface area contributed by atoms with E-state index in [1.165, 1.54) is 25.0 Å². The Bertz CT molecular complexity index is 811. The molecule has 0 saturated carbocycles. The molecule has 0 aliphatic heterocycles. The predicted molar refractivity (Wildman–Crippen MR) is 91.3 cm³/mol. The number of aromatic nitrogens is 1. The second-order valence-electron chi connectivity index (χ2n) is 5.53. The molecule has 0 aliphatic carbocycles. The lowest BCUT2D eigenvalue weighted by atomic mass is 10.1. The van der Waals surface area contributed by atoms with Gasteiger partial charge < -0.3 is 24.1 Å². The lowest BCUT2D eigenvalue weighted by molar-refractivity contribution is 0.198. The van der Waals surface area contributed by atoms with Crippen LogP contribution < -0.4 is 25.1 Å². The number of hydrogen-bond acceptors (Lipinski definition) is 5. The molecule has 0 bridgehead atoms. The molecule has 1 amide bonds. The molecule has 0 atom stereocenters. The maximum absolute atomic E-state index is 12.6. The fraction of sp³-hybridized carbons (Fsp3) is 0.412. The Kier molecular flexibility index (Phi) is 5.33. The monoisotopic (exact) mass is 334 g/mol. The summed E-state index contributed by atoms with van der Waals surface area (Å²) in [5.74, 6) is 1.17. The third-order valence-corrected chi connectivity index (χ3v) is 3.50. The van der Waals surface area contributed by atoms with Crippen LogP contribution in [0, 0.1) is 0 Å². The average Bonchev–Trinajstić information content (AvgIpc) is 2.55. The first-order valence-electron chi connectivity index (χ1n) is 7.68. The van der Waals surface area contributed by atoms with Crippen LogP contribution in [0.1, 0.15) is 20.8 Å². The summed E-state index contributed by atoms with van der Waals surface area (Å²) in [5.41, 5.74) is -0.190. The normalized spacial score (nSPS) is 10.8. The number of methoxy groups -OCH3 is 2. The maximum Gasteiger partial charge on any atom is 0.412 e. The number of benzene rings is 1. The molecule has 1 aromatic heterocycles. The smallest absolute Gasteiger partial charge is 0.412 e. The Morgan fingerprint density at radius 3 is 2.21 bits per heavy atom. The van der Waals surface area contributed by atoms with Crippen molar-refractivity contribution in [2.75, 3.05) is 14.2 Å². The number of fused-ring (bicyclic) bond motifs is 1. The van der Waals surface area contributed by atoms with Crippen molar-refractivity contribution in [1.82, 2.24) is 9.88 Å². The Morgan fingerprint density at radius 2 is 1.71 bits per heavy atom. The largest absolute Gasteiger partial charge is 0.493 e. The highest BCUT2D eigenvalue weighted by Gasteiger charge is 2.17. The number of hydrogen-bond donors (Lipinski definition) is 1. The summed E-state index contributed by atoms with van der Waals surface area (Å²) in [4.78, 5) is 24.5. The molecule has 0 spiro atoms. The first kappa shape index (κ1) is 17.7. The second-order valence-corrected chi connectivity index (χ2v) is 5.53. The summed E-state index contributed by atoms with van der Waals surface area (Å²) in [6.45, 7) is 5.96. The third kappa shape index (κ3) is 3.45. The van der Waals surface area contributed by atoms with E-state index >= 15 is 0 Å². The lowest BCUT2D eigenvalue weighted by Crippen LogP contribution is -2.33. The zero-order valence-corrected chi connectivity index (χ0v) is 14.5. The molecule has 0 saturated heterocycles. The van der Waals surface area contributed by atoms with Gasteiger partial charge in [0.2, 0.25) is 0 Å². The van der Waals surface area contributed by atoms with Crippen LogP contribution in [0.5, 0.6) is 17.2 Å². The molecule has 0 fully saturated rings. The number of nitrogens with zero attached hydrogens (tertiary/aromatic N) is 1. The molecular weight excluding hydrogens is 312 g/mol. The Balaban J connectivity index is 2.66. The summed E-state index contributed by atoms with van der Waals surface area (Å²) in [6, 6.07) is 3.17. The van der Waals surface area contributed by atoms with Crippen molar-refractivity contribution in [3.8, 4) is 17.2 Å². The first-order valence-corrected chi connectivity index (χ1v) is 7.68. The van der Waals surface area contributed by atoms with Gasteiger partial charge in [0.1, 0.15) is 0 Å². The fourth-order valence-electron chi connectivity index (χ4n) is 2.37. The molecule has 24 heavy (non-hydrogen) atoms. The van der Waals surface area contributed by atoms with Gasteiger partial charge in [0.25, 0.3) is 5.56 Å². The third-order valence-electron chi connectivity index (χ3n) is 3.50. The zero-order chi connectivity index (χ0) is 17.9. The van der Waals surface area contributed by atoms with E-state index in [4.69, 9.17) is 14.2 Å². The van der Waals surface area contributed by atoms with Crippen LogP contribution in [0.25, 0.3) is 10.8 Å². The van der Waals surface area contributed by atoms with Crippen molar-refractivity contribution in [2.45, 2.75) is 33.4 Å². The van der Waals surface area contributed by atoms with Crippen LogP contribution >= 0.6 is 0 Å². The van der Waals surface area contributed by atoms with Crippen molar-refractivity contribution in [3.63, 3.8) is 0 Å². The second kappa shape index (κ2) is 7.25. The molecule has 2 rings (SSSR count). The minimum absolute atomic E-state index is 0.0597. The SMILES string of the molecule is CCn1cc(OC(=O)NC(C)C)c2cc(OC)c(OC)cc2c1=O. The van der Waals surface area contributed by atoms with E-state index in [0.717, 1.165) is 0 Å². The van der Waals surface area contributed by atoms with E-state index in [2.05, 4.69) is 5.32 Å². The zero-order valence-electron chi connectivity index (χ0n) is 14.5. The number of amides is 1. The van der Waals surface area contributed by atoms with Gasteiger partial charge >= 0.3 is 6.09 Å². The summed E-state index contributed by atoms with van der Waals surface area (Å²) >= 11 is 0. The molecule has 0 radical (unpaired) electrons. The highest BCUT2D eigenvalue weighted by Crippen LogP contribution is 2.34. The van der Waals surface area contributed by atoms with E-state index in [0.29, 0.717) is 28.8 Å². The van der Waals surface area contributed by atoms with Crippen LogP contribution in [0.2, 0.25) is 0 Å². The minimum atomic E-state index is -0.581. The van der Waals surface area contributed by atoms with Gasteiger partial charge in [0, 0.05) is 18.0 Å². The Morgan fingerprint density at radius 1 is 1.12 bits per heavy atom.